The minimum Gasteiger partial charge on any atom is -0.459 e. The molecule has 3 aromatic heterocycles. The zero-order chi connectivity index (χ0) is 20.2. The Hall–Kier alpha value is -2.94. The first-order chi connectivity index (χ1) is 14.1. The molecule has 152 valence electrons. The number of furan rings is 1. The van der Waals surface area contributed by atoms with Gasteiger partial charge in [-0.2, -0.15) is 0 Å². The van der Waals surface area contributed by atoms with Gasteiger partial charge in [0.2, 0.25) is 0 Å². The molecule has 0 saturated heterocycles. The molecule has 29 heavy (non-hydrogen) atoms. The van der Waals surface area contributed by atoms with E-state index < -0.39 is 5.97 Å². The van der Waals surface area contributed by atoms with Crippen LogP contribution in [-0.2, 0) is 29.0 Å². The van der Waals surface area contributed by atoms with Gasteiger partial charge in [-0.1, -0.05) is 6.42 Å². The number of aromatic nitrogens is 2. The molecule has 0 spiro atoms. The van der Waals surface area contributed by atoms with E-state index in [0.29, 0.717) is 11.6 Å². The Balaban J connectivity index is 1.33. The molecule has 4 rings (SSSR count). The average molecular weight is 414 g/mol. The summed E-state index contributed by atoms with van der Waals surface area (Å²) < 4.78 is 10.2. The van der Waals surface area contributed by atoms with Crippen LogP contribution in [0.4, 0.5) is 5.82 Å². The summed E-state index contributed by atoms with van der Waals surface area (Å²) in [6.45, 7) is 0.103. The van der Waals surface area contributed by atoms with E-state index in [0.717, 1.165) is 29.5 Å². The summed E-state index contributed by atoms with van der Waals surface area (Å²) >= 11 is 1.66. The number of amides is 1. The van der Waals surface area contributed by atoms with Gasteiger partial charge in [-0.15, -0.1) is 11.3 Å². The van der Waals surface area contributed by atoms with Crippen molar-refractivity contribution in [2.75, 3.05) is 12.3 Å². The Morgan fingerprint density at radius 3 is 2.93 bits per heavy atom. The van der Waals surface area contributed by atoms with E-state index >= 15 is 0 Å². The van der Waals surface area contributed by atoms with Gasteiger partial charge in [0.15, 0.2) is 18.2 Å². The normalized spacial score (nSPS) is 13.7. The van der Waals surface area contributed by atoms with Crippen LogP contribution in [0, 0.1) is 0 Å². The number of thiophene rings is 1. The van der Waals surface area contributed by atoms with Crippen LogP contribution in [-0.4, -0.2) is 28.4 Å². The van der Waals surface area contributed by atoms with Crippen molar-refractivity contribution in [1.82, 2.24) is 15.3 Å². The Labute approximate surface area is 171 Å². The number of aryl methyl sites for hydroxylation is 2. The molecule has 8 nitrogen and oxygen atoms in total. The van der Waals surface area contributed by atoms with E-state index in [2.05, 4.69) is 15.3 Å². The lowest BCUT2D eigenvalue weighted by atomic mass is 10.1. The van der Waals surface area contributed by atoms with Gasteiger partial charge < -0.3 is 20.2 Å². The van der Waals surface area contributed by atoms with Gasteiger partial charge >= 0.3 is 5.97 Å². The highest BCUT2D eigenvalue weighted by atomic mass is 32.1. The summed E-state index contributed by atoms with van der Waals surface area (Å²) in [5.41, 5.74) is 7.49. The summed E-state index contributed by atoms with van der Waals surface area (Å²) in [7, 11) is 0. The second-order valence-electron chi connectivity index (χ2n) is 6.91. The maximum Gasteiger partial charge on any atom is 0.308 e. The molecule has 3 aromatic rings. The highest BCUT2D eigenvalue weighted by molar-refractivity contribution is 7.19. The number of nitrogens with zero attached hydrogens (tertiary/aromatic N) is 2. The first-order valence-electron chi connectivity index (χ1n) is 9.66. The SMILES string of the molecule is Nc1nc(COC(=O)CCNC(=O)c2ccco2)nc2sc3c(c12)CCCCC3. The molecule has 0 fully saturated rings. The number of hydrogen-bond acceptors (Lipinski definition) is 8. The fraction of sp³-hybridized carbons (Fsp3) is 0.400. The van der Waals surface area contributed by atoms with Crippen LogP contribution in [0.25, 0.3) is 10.2 Å². The van der Waals surface area contributed by atoms with E-state index in [4.69, 9.17) is 14.9 Å². The van der Waals surface area contributed by atoms with Crippen LogP contribution < -0.4 is 11.1 Å². The van der Waals surface area contributed by atoms with E-state index in [-0.39, 0.29) is 31.2 Å². The largest absolute Gasteiger partial charge is 0.459 e. The monoisotopic (exact) mass is 414 g/mol. The van der Waals surface area contributed by atoms with E-state index in [1.54, 1.807) is 23.5 Å². The number of carbonyl (C=O) groups is 2. The van der Waals surface area contributed by atoms with Gasteiger partial charge in [-0.25, -0.2) is 9.97 Å². The van der Waals surface area contributed by atoms with Gasteiger partial charge in [-0.3, -0.25) is 9.59 Å². The van der Waals surface area contributed by atoms with Crippen LogP contribution in [0.1, 0.15) is 52.5 Å². The topological polar surface area (TPSA) is 120 Å². The smallest absolute Gasteiger partial charge is 0.308 e. The minimum absolute atomic E-state index is 0.0392. The maximum absolute atomic E-state index is 11.9. The first kappa shape index (κ1) is 19.4. The van der Waals surface area contributed by atoms with Crippen molar-refractivity contribution < 1.29 is 18.7 Å². The third-order valence-electron chi connectivity index (χ3n) is 4.86. The summed E-state index contributed by atoms with van der Waals surface area (Å²) in [4.78, 5) is 34.8. The van der Waals surface area contributed by atoms with Crippen LogP contribution in [0.2, 0.25) is 0 Å². The van der Waals surface area contributed by atoms with Crippen LogP contribution >= 0.6 is 11.3 Å². The molecule has 1 aliphatic carbocycles. The van der Waals surface area contributed by atoms with E-state index in [9.17, 15) is 9.59 Å². The fourth-order valence-electron chi connectivity index (χ4n) is 3.46. The van der Waals surface area contributed by atoms with Crippen molar-refractivity contribution in [2.24, 2.45) is 0 Å². The maximum atomic E-state index is 11.9. The van der Waals surface area contributed by atoms with Gasteiger partial charge in [0.25, 0.3) is 5.91 Å². The van der Waals surface area contributed by atoms with Gasteiger partial charge in [0.05, 0.1) is 18.1 Å². The van der Waals surface area contributed by atoms with E-state index in [1.165, 1.54) is 29.5 Å². The number of carbonyl (C=O) groups excluding carboxylic acids is 2. The lowest BCUT2D eigenvalue weighted by Crippen LogP contribution is -2.26. The third-order valence-corrected chi connectivity index (χ3v) is 6.05. The number of hydrogen-bond donors (Lipinski definition) is 2. The Morgan fingerprint density at radius 1 is 1.24 bits per heavy atom. The predicted molar refractivity (Wildman–Crippen MR) is 109 cm³/mol. The summed E-state index contributed by atoms with van der Waals surface area (Å²) in [6.07, 6.45) is 7.11. The predicted octanol–water partition coefficient (Wildman–Crippen LogP) is 3.00. The van der Waals surface area contributed by atoms with Crippen LogP contribution in [0.3, 0.4) is 0 Å². The highest BCUT2D eigenvalue weighted by Gasteiger charge is 2.19. The van der Waals surface area contributed by atoms with Gasteiger partial charge in [0.1, 0.15) is 10.6 Å². The van der Waals surface area contributed by atoms with Crippen LogP contribution in [0.5, 0.6) is 0 Å². The standard InChI is InChI=1S/C20H22N4O4S/c21-18-17-12-5-2-1-3-7-14(12)29-20(17)24-15(23-18)11-28-16(25)8-9-22-19(26)13-6-4-10-27-13/h4,6,10H,1-3,5,7-9,11H2,(H,22,26)(H2,21,23,24). The molecule has 0 aromatic carbocycles. The van der Waals surface area contributed by atoms with Crippen molar-refractivity contribution in [3.05, 3.63) is 40.4 Å². The quantitative estimate of drug-likeness (QED) is 0.470. The number of esters is 1. The average Bonchev–Trinajstić information content (AvgIpc) is 3.30. The lowest BCUT2D eigenvalue weighted by Gasteiger charge is -2.07. The molecule has 3 N–H and O–H groups in total. The Bertz CT molecular complexity index is 1030. The molecule has 1 amide bonds. The molecule has 0 radical (unpaired) electrons. The minimum atomic E-state index is -0.450. The number of rotatable bonds is 6. The van der Waals surface area contributed by atoms with Crippen molar-refractivity contribution in [3.63, 3.8) is 0 Å². The third kappa shape index (κ3) is 4.40. The second-order valence-corrected chi connectivity index (χ2v) is 8.00. The fourth-order valence-corrected chi connectivity index (χ4v) is 4.75. The van der Waals surface area contributed by atoms with Crippen molar-refractivity contribution >= 4 is 39.2 Å². The first-order valence-corrected chi connectivity index (χ1v) is 10.5. The van der Waals surface area contributed by atoms with Gasteiger partial charge in [0, 0.05) is 11.4 Å². The van der Waals surface area contributed by atoms with E-state index in [1.807, 2.05) is 0 Å². The Morgan fingerprint density at radius 2 is 2.10 bits per heavy atom. The van der Waals surface area contributed by atoms with Crippen molar-refractivity contribution in [1.29, 1.82) is 0 Å². The molecular weight excluding hydrogens is 392 g/mol. The van der Waals surface area contributed by atoms with Crippen LogP contribution in [0.15, 0.2) is 22.8 Å². The molecule has 0 atom stereocenters. The molecule has 9 heteroatoms. The molecule has 0 bridgehead atoms. The summed E-state index contributed by atoms with van der Waals surface area (Å²) in [5, 5.41) is 3.56. The number of anilines is 1. The molecule has 0 saturated carbocycles. The lowest BCUT2D eigenvalue weighted by molar-refractivity contribution is -0.145. The van der Waals surface area contributed by atoms with Crippen molar-refractivity contribution in [2.45, 2.75) is 45.1 Å². The number of fused-ring (bicyclic) bond motifs is 3. The van der Waals surface area contributed by atoms with Gasteiger partial charge in [-0.05, 0) is 43.4 Å². The molecule has 0 aliphatic heterocycles. The molecular formula is C20H22N4O4S. The zero-order valence-electron chi connectivity index (χ0n) is 15.9. The number of nitrogen functional groups attached to an aromatic ring is 1. The Kier molecular flexibility index (Phi) is 5.75. The molecule has 0 unspecified atom stereocenters. The number of nitrogens with one attached hydrogen (secondary N) is 1. The number of nitrogens with two attached hydrogens (primary N) is 1. The second kappa shape index (κ2) is 8.60. The number of ether oxygens (including phenoxy) is 1. The zero-order valence-corrected chi connectivity index (χ0v) is 16.7. The summed E-state index contributed by atoms with van der Waals surface area (Å²) in [5.74, 6) is 0.214. The molecule has 1 aliphatic rings. The summed E-state index contributed by atoms with van der Waals surface area (Å²) in [6, 6.07) is 3.17. The van der Waals surface area contributed by atoms with Crippen molar-refractivity contribution in [3.8, 4) is 0 Å². The molecule has 3 heterocycles. The highest BCUT2D eigenvalue weighted by Crippen LogP contribution is 2.37.